The number of Topliss-reactive ketones (excluding diaryl/α,β-unsaturated/α-hetero) is 1. The van der Waals surface area contributed by atoms with Gasteiger partial charge in [-0.15, -0.1) is 0 Å². The van der Waals surface area contributed by atoms with Crippen molar-refractivity contribution in [3.63, 3.8) is 0 Å². The molecule has 4 aromatic rings. The van der Waals surface area contributed by atoms with E-state index in [1.165, 1.54) is 49.5 Å². The molecule has 1 amide bonds. The van der Waals surface area contributed by atoms with Crippen molar-refractivity contribution in [3.8, 4) is 11.5 Å². The van der Waals surface area contributed by atoms with Gasteiger partial charge in [-0.1, -0.05) is 17.4 Å². The third-order valence-corrected chi connectivity index (χ3v) is 6.85. The molecule has 10 heteroatoms. The Kier molecular flexibility index (Phi) is 5.89. The minimum Gasteiger partial charge on any atom is -0.507 e. The highest BCUT2D eigenvalue weighted by molar-refractivity contribution is 7.22. The molecule has 0 radical (unpaired) electrons. The molecule has 2 heterocycles. The molecule has 0 aliphatic carbocycles. The van der Waals surface area contributed by atoms with Gasteiger partial charge >= 0.3 is 5.91 Å². The Labute approximate surface area is 207 Å². The first-order valence-electron chi connectivity index (χ1n) is 10.7. The van der Waals surface area contributed by atoms with Gasteiger partial charge in [0.25, 0.3) is 5.78 Å². The van der Waals surface area contributed by atoms with Gasteiger partial charge in [-0.25, -0.2) is 13.8 Å². The van der Waals surface area contributed by atoms with E-state index in [0.717, 1.165) is 23.5 Å². The first-order valence-corrected chi connectivity index (χ1v) is 11.5. The number of carbonyl (C=O) groups excluding carboxylic acids is 2. The van der Waals surface area contributed by atoms with E-state index in [0.29, 0.717) is 27.3 Å². The van der Waals surface area contributed by atoms with Gasteiger partial charge in [0.15, 0.2) is 16.6 Å². The first-order chi connectivity index (χ1) is 17.3. The molecule has 0 spiro atoms. The number of benzene rings is 3. The maximum atomic E-state index is 13.8. The Bertz CT molecular complexity index is 1550. The van der Waals surface area contributed by atoms with E-state index < -0.39 is 35.1 Å². The molecule has 5 rings (SSSR count). The standard InChI is InChI=1S/C26H18F2N2O5S/c1-34-18-10-5-14(11-19(18)35-2)22-21(23(31)13-3-6-15(27)7-4-13)24(32)25(33)30(22)26-29-17-9-8-16(28)12-20(17)36-26/h3-12,22,31H,1-2H3/b23-21+. The number of ketones is 1. The summed E-state index contributed by atoms with van der Waals surface area (Å²) >= 11 is 1.03. The summed E-state index contributed by atoms with van der Waals surface area (Å²) in [6.45, 7) is 0. The number of ether oxygens (including phenoxy) is 2. The molecular weight excluding hydrogens is 490 g/mol. The third kappa shape index (κ3) is 3.85. The number of hydrogen-bond acceptors (Lipinski definition) is 7. The fourth-order valence-electron chi connectivity index (χ4n) is 4.12. The second kappa shape index (κ2) is 9.04. The summed E-state index contributed by atoms with van der Waals surface area (Å²) < 4.78 is 38.5. The Morgan fingerprint density at radius 3 is 2.33 bits per heavy atom. The zero-order chi connectivity index (χ0) is 25.6. The number of aliphatic hydroxyl groups excluding tert-OH is 1. The van der Waals surface area contributed by atoms with Crippen LogP contribution in [0, 0.1) is 11.6 Å². The minimum absolute atomic E-state index is 0.149. The molecule has 1 saturated heterocycles. The minimum atomic E-state index is -1.10. The number of anilines is 1. The second-order valence-corrected chi connectivity index (χ2v) is 8.91. The van der Waals surface area contributed by atoms with Crippen molar-refractivity contribution in [2.75, 3.05) is 19.1 Å². The number of thiazole rings is 1. The van der Waals surface area contributed by atoms with Crippen LogP contribution in [0.1, 0.15) is 17.2 Å². The van der Waals surface area contributed by atoms with Crippen LogP contribution in [-0.2, 0) is 9.59 Å². The SMILES string of the molecule is COc1ccc(C2/C(=C(\O)c3ccc(F)cc3)C(=O)C(=O)N2c2nc3ccc(F)cc3s2)cc1OC. The summed E-state index contributed by atoms with van der Waals surface area (Å²) in [5.74, 6) is -2.55. The Hall–Kier alpha value is -4.31. The average molecular weight is 509 g/mol. The molecule has 1 aliphatic rings. The lowest BCUT2D eigenvalue weighted by atomic mass is 9.95. The van der Waals surface area contributed by atoms with Gasteiger partial charge in [0.2, 0.25) is 0 Å². The Balaban J connectivity index is 1.75. The van der Waals surface area contributed by atoms with Crippen LogP contribution in [0.5, 0.6) is 11.5 Å². The second-order valence-electron chi connectivity index (χ2n) is 7.90. The number of carbonyl (C=O) groups is 2. The fraction of sp³-hybridized carbons (Fsp3) is 0.115. The highest BCUT2D eigenvalue weighted by Crippen LogP contribution is 2.45. The van der Waals surface area contributed by atoms with Crippen LogP contribution in [0.15, 0.2) is 66.2 Å². The number of fused-ring (bicyclic) bond motifs is 1. The van der Waals surface area contributed by atoms with E-state index in [4.69, 9.17) is 9.47 Å². The Morgan fingerprint density at radius 2 is 1.64 bits per heavy atom. The zero-order valence-corrected chi connectivity index (χ0v) is 19.8. The molecule has 0 saturated carbocycles. The lowest BCUT2D eigenvalue weighted by Gasteiger charge is -2.23. The lowest BCUT2D eigenvalue weighted by molar-refractivity contribution is -0.132. The highest BCUT2D eigenvalue weighted by Gasteiger charge is 2.48. The van der Waals surface area contributed by atoms with Crippen molar-refractivity contribution in [1.82, 2.24) is 4.98 Å². The number of amides is 1. The van der Waals surface area contributed by atoms with E-state index in [9.17, 15) is 23.5 Å². The molecule has 1 N–H and O–H groups in total. The maximum Gasteiger partial charge on any atom is 0.301 e. The van der Waals surface area contributed by atoms with E-state index in [1.807, 2.05) is 0 Å². The zero-order valence-electron chi connectivity index (χ0n) is 19.0. The van der Waals surface area contributed by atoms with Gasteiger partial charge in [-0.3, -0.25) is 14.5 Å². The fourth-order valence-corrected chi connectivity index (χ4v) is 5.14. The maximum absolute atomic E-state index is 13.8. The molecule has 1 atom stereocenters. The van der Waals surface area contributed by atoms with E-state index in [-0.39, 0.29) is 16.3 Å². The number of aliphatic hydroxyl groups is 1. The van der Waals surface area contributed by atoms with Crippen LogP contribution in [0.4, 0.5) is 13.9 Å². The van der Waals surface area contributed by atoms with Crippen LogP contribution in [0.3, 0.4) is 0 Å². The lowest BCUT2D eigenvalue weighted by Crippen LogP contribution is -2.29. The largest absolute Gasteiger partial charge is 0.507 e. The average Bonchev–Trinajstić information content (AvgIpc) is 3.41. The van der Waals surface area contributed by atoms with Crippen molar-refractivity contribution >= 4 is 44.1 Å². The highest BCUT2D eigenvalue weighted by atomic mass is 32.1. The van der Waals surface area contributed by atoms with Crippen molar-refractivity contribution in [2.24, 2.45) is 0 Å². The van der Waals surface area contributed by atoms with E-state index >= 15 is 0 Å². The van der Waals surface area contributed by atoms with Crippen molar-refractivity contribution in [1.29, 1.82) is 0 Å². The summed E-state index contributed by atoms with van der Waals surface area (Å²) in [6.07, 6.45) is 0. The van der Waals surface area contributed by atoms with Gasteiger partial charge in [0.1, 0.15) is 17.4 Å². The van der Waals surface area contributed by atoms with Gasteiger partial charge in [-0.2, -0.15) is 0 Å². The monoisotopic (exact) mass is 508 g/mol. The number of rotatable bonds is 5. The van der Waals surface area contributed by atoms with Crippen LogP contribution in [0.2, 0.25) is 0 Å². The summed E-state index contributed by atoms with van der Waals surface area (Å²) in [5, 5.41) is 11.3. The van der Waals surface area contributed by atoms with Gasteiger partial charge in [0, 0.05) is 5.56 Å². The van der Waals surface area contributed by atoms with Gasteiger partial charge in [-0.05, 0) is 60.2 Å². The molecule has 1 aromatic heterocycles. The summed E-state index contributed by atoms with van der Waals surface area (Å²) in [5.41, 5.74) is 0.833. The van der Waals surface area contributed by atoms with Gasteiger partial charge in [0.05, 0.1) is 36.1 Å². The topological polar surface area (TPSA) is 89.0 Å². The van der Waals surface area contributed by atoms with Crippen LogP contribution in [0.25, 0.3) is 16.0 Å². The molecule has 3 aromatic carbocycles. The van der Waals surface area contributed by atoms with Crippen LogP contribution < -0.4 is 14.4 Å². The summed E-state index contributed by atoms with van der Waals surface area (Å²) in [4.78, 5) is 32.2. The molecular formula is C26H18F2N2O5S. The molecule has 36 heavy (non-hydrogen) atoms. The third-order valence-electron chi connectivity index (χ3n) is 5.83. The first kappa shape index (κ1) is 23.4. The van der Waals surface area contributed by atoms with Crippen LogP contribution >= 0.6 is 11.3 Å². The predicted octanol–water partition coefficient (Wildman–Crippen LogP) is 5.22. The van der Waals surface area contributed by atoms with Crippen LogP contribution in [-0.4, -0.2) is 36.0 Å². The molecule has 182 valence electrons. The number of aromatic nitrogens is 1. The van der Waals surface area contributed by atoms with E-state index in [2.05, 4.69) is 4.98 Å². The quantitative estimate of drug-likeness (QED) is 0.226. The summed E-state index contributed by atoms with van der Waals surface area (Å²) in [6, 6.07) is 12.7. The van der Waals surface area contributed by atoms with Crippen molar-refractivity contribution < 1.29 is 33.0 Å². The predicted molar refractivity (Wildman–Crippen MR) is 130 cm³/mol. The Morgan fingerprint density at radius 1 is 0.944 bits per heavy atom. The number of halogens is 2. The molecule has 1 aliphatic heterocycles. The molecule has 0 bridgehead atoms. The normalized spacial score (nSPS) is 17.1. The van der Waals surface area contributed by atoms with Crippen molar-refractivity contribution in [2.45, 2.75) is 6.04 Å². The number of methoxy groups -OCH3 is 2. The number of nitrogens with zero attached hydrogens (tertiary/aromatic N) is 2. The molecule has 7 nitrogen and oxygen atoms in total. The molecule has 1 unspecified atom stereocenters. The smallest absolute Gasteiger partial charge is 0.301 e. The summed E-state index contributed by atoms with van der Waals surface area (Å²) in [7, 11) is 2.91. The van der Waals surface area contributed by atoms with Gasteiger partial charge < -0.3 is 14.6 Å². The van der Waals surface area contributed by atoms with E-state index in [1.54, 1.807) is 18.2 Å². The van der Waals surface area contributed by atoms with Crippen molar-refractivity contribution in [3.05, 3.63) is 89.0 Å². The molecule has 1 fully saturated rings. The number of hydrogen-bond donors (Lipinski definition) is 1.